The second-order valence-corrected chi connectivity index (χ2v) is 6.44. The van der Waals surface area contributed by atoms with Gasteiger partial charge in [0.05, 0.1) is 0 Å². The molecule has 1 aliphatic carbocycles. The summed E-state index contributed by atoms with van der Waals surface area (Å²) in [6.07, 6.45) is 5.97. The van der Waals surface area contributed by atoms with Gasteiger partial charge in [-0.05, 0) is 53.8 Å². The fourth-order valence-electron chi connectivity index (χ4n) is 3.08. The normalized spacial score (nSPS) is 23.9. The van der Waals surface area contributed by atoms with Crippen molar-refractivity contribution in [3.63, 3.8) is 0 Å². The first-order chi connectivity index (χ1) is 8.65. The smallest absolute Gasteiger partial charge is 0.167 e. The van der Waals surface area contributed by atoms with Gasteiger partial charge in [-0.1, -0.05) is 44.4 Å². The molecule has 2 unspecified atom stereocenters. The van der Waals surface area contributed by atoms with Gasteiger partial charge in [-0.3, -0.25) is 4.79 Å². The highest BCUT2D eigenvalue weighted by atomic mass is 127. The molecule has 1 aliphatic rings. The molecule has 1 fully saturated rings. The first kappa shape index (κ1) is 14.0. The average molecular weight is 356 g/mol. The first-order valence-corrected chi connectivity index (χ1v) is 8.02. The lowest BCUT2D eigenvalue weighted by Crippen LogP contribution is -2.27. The fourth-order valence-corrected chi connectivity index (χ4v) is 3.70. The van der Waals surface area contributed by atoms with E-state index in [1.54, 1.807) is 0 Å². The summed E-state index contributed by atoms with van der Waals surface area (Å²) in [5, 5.41) is 0. The minimum absolute atomic E-state index is 0.263. The minimum atomic E-state index is 0.263. The summed E-state index contributed by atoms with van der Waals surface area (Å²) in [6, 6.07) is 6.09. The Labute approximate surface area is 123 Å². The standard InChI is InChI=1S/C16H21IO/c1-3-12-8-4-5-9-13(12)16(18)14-10-6-7-11(2)15(14)17/h6-7,10,12-13H,3-5,8-9H2,1-2H3. The summed E-state index contributed by atoms with van der Waals surface area (Å²) in [4.78, 5) is 12.7. The third-order valence-corrected chi connectivity index (χ3v) is 5.66. The molecule has 2 rings (SSSR count). The minimum Gasteiger partial charge on any atom is -0.294 e. The van der Waals surface area contributed by atoms with Gasteiger partial charge >= 0.3 is 0 Å². The summed E-state index contributed by atoms with van der Waals surface area (Å²) in [5.41, 5.74) is 2.16. The molecule has 0 N–H and O–H groups in total. The van der Waals surface area contributed by atoms with Gasteiger partial charge in [0, 0.05) is 15.1 Å². The summed E-state index contributed by atoms with van der Waals surface area (Å²) >= 11 is 2.31. The highest BCUT2D eigenvalue weighted by molar-refractivity contribution is 14.1. The molecule has 2 atom stereocenters. The maximum Gasteiger partial charge on any atom is 0.167 e. The van der Waals surface area contributed by atoms with E-state index in [4.69, 9.17) is 0 Å². The van der Waals surface area contributed by atoms with Crippen molar-refractivity contribution in [1.82, 2.24) is 0 Å². The highest BCUT2D eigenvalue weighted by Gasteiger charge is 2.31. The monoisotopic (exact) mass is 356 g/mol. The number of hydrogen-bond acceptors (Lipinski definition) is 1. The largest absolute Gasteiger partial charge is 0.294 e. The van der Waals surface area contributed by atoms with Crippen molar-refractivity contribution >= 4 is 28.4 Å². The number of halogens is 1. The molecule has 98 valence electrons. The van der Waals surface area contributed by atoms with Crippen LogP contribution in [0.1, 0.15) is 54.9 Å². The van der Waals surface area contributed by atoms with Gasteiger partial charge in [-0.25, -0.2) is 0 Å². The lowest BCUT2D eigenvalue weighted by atomic mass is 9.74. The molecule has 2 heteroatoms. The van der Waals surface area contributed by atoms with Crippen molar-refractivity contribution in [1.29, 1.82) is 0 Å². The van der Waals surface area contributed by atoms with Crippen LogP contribution in [0.4, 0.5) is 0 Å². The zero-order valence-corrected chi connectivity index (χ0v) is 13.4. The van der Waals surface area contributed by atoms with Crippen molar-refractivity contribution in [2.75, 3.05) is 0 Å². The van der Waals surface area contributed by atoms with E-state index in [1.165, 1.54) is 24.8 Å². The molecule has 0 aromatic heterocycles. The summed E-state index contributed by atoms with van der Waals surface area (Å²) in [7, 11) is 0. The number of rotatable bonds is 3. The van der Waals surface area contributed by atoms with Crippen LogP contribution in [-0.2, 0) is 0 Å². The van der Waals surface area contributed by atoms with Crippen molar-refractivity contribution in [3.05, 3.63) is 32.9 Å². The van der Waals surface area contributed by atoms with Crippen LogP contribution in [0.25, 0.3) is 0 Å². The van der Waals surface area contributed by atoms with Gasteiger partial charge in [-0.15, -0.1) is 0 Å². The van der Waals surface area contributed by atoms with Crippen LogP contribution in [0, 0.1) is 22.3 Å². The lowest BCUT2D eigenvalue weighted by molar-refractivity contribution is 0.0819. The Morgan fingerprint density at radius 1 is 1.33 bits per heavy atom. The Morgan fingerprint density at radius 2 is 2.06 bits per heavy atom. The van der Waals surface area contributed by atoms with E-state index in [0.29, 0.717) is 11.7 Å². The van der Waals surface area contributed by atoms with Crippen molar-refractivity contribution in [3.8, 4) is 0 Å². The third-order valence-electron chi connectivity index (χ3n) is 4.23. The van der Waals surface area contributed by atoms with E-state index in [2.05, 4.69) is 42.5 Å². The second kappa shape index (κ2) is 6.18. The maximum atomic E-state index is 12.7. The number of hydrogen-bond donors (Lipinski definition) is 0. The summed E-state index contributed by atoms with van der Waals surface area (Å²) in [6.45, 7) is 4.30. The number of ketones is 1. The Balaban J connectivity index is 2.27. The third kappa shape index (κ3) is 2.79. The number of Topliss-reactive ketones (excluding diaryl/α,β-unsaturated/α-hetero) is 1. The molecule has 1 aromatic carbocycles. The van der Waals surface area contributed by atoms with Crippen LogP contribution in [0.15, 0.2) is 18.2 Å². The molecule has 0 radical (unpaired) electrons. The van der Waals surface area contributed by atoms with E-state index >= 15 is 0 Å². The molecule has 1 nitrogen and oxygen atoms in total. The van der Waals surface area contributed by atoms with Crippen LogP contribution in [-0.4, -0.2) is 5.78 Å². The maximum absolute atomic E-state index is 12.7. The predicted molar refractivity (Wildman–Crippen MR) is 84.0 cm³/mol. The molecule has 1 aromatic rings. The van der Waals surface area contributed by atoms with Gasteiger partial charge in [0.1, 0.15) is 0 Å². The zero-order valence-electron chi connectivity index (χ0n) is 11.2. The van der Waals surface area contributed by atoms with Gasteiger partial charge in [-0.2, -0.15) is 0 Å². The number of carbonyl (C=O) groups is 1. The molecule has 0 heterocycles. The van der Waals surface area contributed by atoms with Gasteiger partial charge < -0.3 is 0 Å². The predicted octanol–water partition coefficient (Wildman–Crippen LogP) is 5.00. The topological polar surface area (TPSA) is 17.1 Å². The summed E-state index contributed by atoms with van der Waals surface area (Å²) in [5.74, 6) is 1.25. The van der Waals surface area contributed by atoms with Gasteiger partial charge in [0.25, 0.3) is 0 Å². The van der Waals surface area contributed by atoms with Crippen LogP contribution in [0.3, 0.4) is 0 Å². The quantitative estimate of drug-likeness (QED) is 0.550. The van der Waals surface area contributed by atoms with E-state index in [0.717, 1.165) is 22.0 Å². The summed E-state index contributed by atoms with van der Waals surface area (Å²) < 4.78 is 1.14. The SMILES string of the molecule is CCC1CCCCC1C(=O)c1cccc(C)c1I. The molecule has 1 saturated carbocycles. The van der Waals surface area contributed by atoms with E-state index < -0.39 is 0 Å². The van der Waals surface area contributed by atoms with E-state index in [1.807, 2.05) is 12.1 Å². The molecule has 0 spiro atoms. The fraction of sp³-hybridized carbons (Fsp3) is 0.562. The van der Waals surface area contributed by atoms with Crippen LogP contribution >= 0.6 is 22.6 Å². The molecule has 0 saturated heterocycles. The Hall–Kier alpha value is -0.380. The number of carbonyl (C=O) groups excluding carboxylic acids is 1. The Morgan fingerprint density at radius 3 is 2.78 bits per heavy atom. The van der Waals surface area contributed by atoms with Gasteiger partial charge in [0.15, 0.2) is 5.78 Å². The molecule has 0 bridgehead atoms. The van der Waals surface area contributed by atoms with Crippen LogP contribution < -0.4 is 0 Å². The van der Waals surface area contributed by atoms with Gasteiger partial charge in [0.2, 0.25) is 0 Å². The van der Waals surface area contributed by atoms with Crippen LogP contribution in [0.2, 0.25) is 0 Å². The number of benzene rings is 1. The molecular formula is C16H21IO. The van der Waals surface area contributed by atoms with Crippen molar-refractivity contribution in [2.45, 2.75) is 46.0 Å². The molecule has 0 amide bonds. The zero-order chi connectivity index (χ0) is 13.1. The lowest BCUT2D eigenvalue weighted by Gasteiger charge is -2.30. The van der Waals surface area contributed by atoms with E-state index in [-0.39, 0.29) is 5.92 Å². The van der Waals surface area contributed by atoms with Crippen LogP contribution in [0.5, 0.6) is 0 Å². The molecule has 18 heavy (non-hydrogen) atoms. The first-order valence-electron chi connectivity index (χ1n) is 6.94. The Bertz CT molecular complexity index is 439. The average Bonchev–Trinajstić information content (AvgIpc) is 2.41. The number of aryl methyl sites for hydroxylation is 1. The van der Waals surface area contributed by atoms with Crippen molar-refractivity contribution in [2.24, 2.45) is 11.8 Å². The van der Waals surface area contributed by atoms with Crippen molar-refractivity contribution < 1.29 is 4.79 Å². The van der Waals surface area contributed by atoms with E-state index in [9.17, 15) is 4.79 Å². The second-order valence-electron chi connectivity index (χ2n) is 5.36. The highest BCUT2D eigenvalue weighted by Crippen LogP contribution is 2.35. The molecule has 0 aliphatic heterocycles. The molecular weight excluding hydrogens is 335 g/mol. The Kier molecular flexibility index (Phi) is 4.82.